The Morgan fingerprint density at radius 1 is 1.10 bits per heavy atom. The lowest BCUT2D eigenvalue weighted by Crippen LogP contribution is -2.11. The minimum absolute atomic E-state index is 0.0602. The van der Waals surface area contributed by atoms with Crippen molar-refractivity contribution in [1.29, 1.82) is 0 Å². The number of rotatable bonds is 5. The molecule has 2 aromatic carbocycles. The van der Waals surface area contributed by atoms with Gasteiger partial charge in [-0.15, -0.1) is 0 Å². The zero-order valence-electron chi connectivity index (χ0n) is 12.4. The molecule has 0 saturated heterocycles. The summed E-state index contributed by atoms with van der Waals surface area (Å²) in [7, 11) is 0. The number of benzene rings is 2. The summed E-state index contributed by atoms with van der Waals surface area (Å²) >= 11 is 6.10. The highest BCUT2D eigenvalue weighted by Gasteiger charge is 2.13. The predicted octanol–water partition coefficient (Wildman–Crippen LogP) is 5.44. The molecule has 4 heteroatoms. The van der Waals surface area contributed by atoms with Gasteiger partial charge >= 0.3 is 0 Å². The maximum atomic E-state index is 13.1. The third-order valence-electron chi connectivity index (χ3n) is 3.05. The van der Waals surface area contributed by atoms with E-state index in [2.05, 4.69) is 5.32 Å². The van der Waals surface area contributed by atoms with Gasteiger partial charge in [-0.2, -0.15) is 0 Å². The van der Waals surface area contributed by atoms with Crippen LogP contribution in [0, 0.1) is 5.82 Å². The van der Waals surface area contributed by atoms with E-state index in [1.54, 1.807) is 6.07 Å². The molecule has 0 bridgehead atoms. The average Bonchev–Trinajstić information content (AvgIpc) is 2.40. The summed E-state index contributed by atoms with van der Waals surface area (Å²) in [5.74, 6) is 0.456. The topological polar surface area (TPSA) is 21.3 Å². The maximum Gasteiger partial charge on any atom is 0.142 e. The molecule has 0 saturated carbocycles. The van der Waals surface area contributed by atoms with Crippen LogP contribution in [0.5, 0.6) is 5.75 Å². The number of para-hydroxylation sites is 2. The van der Waals surface area contributed by atoms with Crippen LogP contribution < -0.4 is 10.1 Å². The van der Waals surface area contributed by atoms with Gasteiger partial charge in [0.05, 0.1) is 17.8 Å². The lowest BCUT2D eigenvalue weighted by Gasteiger charge is -2.20. The molecule has 2 rings (SSSR count). The Hall–Kier alpha value is -1.74. The monoisotopic (exact) mass is 307 g/mol. The van der Waals surface area contributed by atoms with Gasteiger partial charge in [0.1, 0.15) is 11.6 Å². The SMILES string of the molecule is CC(C)Oc1ccccc1NC(C)c1ccc(F)cc1Cl. The summed E-state index contributed by atoms with van der Waals surface area (Å²) in [5.41, 5.74) is 1.73. The molecule has 0 radical (unpaired) electrons. The highest BCUT2D eigenvalue weighted by Crippen LogP contribution is 2.31. The van der Waals surface area contributed by atoms with Gasteiger partial charge in [-0.05, 0) is 50.6 Å². The van der Waals surface area contributed by atoms with Crippen LogP contribution in [-0.2, 0) is 0 Å². The fraction of sp³-hybridized carbons (Fsp3) is 0.294. The van der Waals surface area contributed by atoms with Gasteiger partial charge in [0.15, 0.2) is 0 Å². The number of ether oxygens (including phenoxy) is 1. The van der Waals surface area contributed by atoms with Crippen molar-refractivity contribution in [3.05, 3.63) is 58.9 Å². The van der Waals surface area contributed by atoms with Gasteiger partial charge < -0.3 is 10.1 Å². The van der Waals surface area contributed by atoms with Gasteiger partial charge in [0, 0.05) is 5.02 Å². The van der Waals surface area contributed by atoms with Crippen molar-refractivity contribution in [2.75, 3.05) is 5.32 Å². The summed E-state index contributed by atoms with van der Waals surface area (Å²) in [6.07, 6.45) is 0.0951. The van der Waals surface area contributed by atoms with Crippen LogP contribution in [0.15, 0.2) is 42.5 Å². The molecule has 0 aromatic heterocycles. The zero-order chi connectivity index (χ0) is 15.4. The number of halogens is 2. The molecule has 0 aliphatic heterocycles. The lowest BCUT2D eigenvalue weighted by molar-refractivity contribution is 0.243. The molecule has 0 fully saturated rings. The van der Waals surface area contributed by atoms with Gasteiger partial charge in [-0.1, -0.05) is 29.8 Å². The fourth-order valence-electron chi connectivity index (χ4n) is 2.11. The smallest absolute Gasteiger partial charge is 0.142 e. The van der Waals surface area contributed by atoms with Crippen molar-refractivity contribution in [3.8, 4) is 5.75 Å². The van der Waals surface area contributed by atoms with Crippen LogP contribution in [0.3, 0.4) is 0 Å². The molecule has 0 aliphatic carbocycles. The summed E-state index contributed by atoms with van der Waals surface area (Å²) in [4.78, 5) is 0. The summed E-state index contributed by atoms with van der Waals surface area (Å²) in [6, 6.07) is 12.1. The second-order valence-corrected chi connectivity index (χ2v) is 5.60. The molecule has 1 atom stereocenters. The van der Waals surface area contributed by atoms with Crippen LogP contribution in [-0.4, -0.2) is 6.10 Å². The fourth-order valence-corrected chi connectivity index (χ4v) is 2.44. The molecular formula is C17H19ClFNO. The quantitative estimate of drug-likeness (QED) is 0.794. The van der Waals surface area contributed by atoms with Crippen molar-refractivity contribution in [2.24, 2.45) is 0 Å². The molecule has 1 N–H and O–H groups in total. The lowest BCUT2D eigenvalue weighted by atomic mass is 10.1. The van der Waals surface area contributed by atoms with Crippen molar-refractivity contribution in [1.82, 2.24) is 0 Å². The normalized spacial score (nSPS) is 12.3. The number of hydrogen-bond acceptors (Lipinski definition) is 2. The van der Waals surface area contributed by atoms with Crippen LogP contribution in [0.1, 0.15) is 32.4 Å². The Bertz CT molecular complexity index is 615. The predicted molar refractivity (Wildman–Crippen MR) is 85.7 cm³/mol. The van der Waals surface area contributed by atoms with Crippen molar-refractivity contribution >= 4 is 17.3 Å². The van der Waals surface area contributed by atoms with Gasteiger partial charge in [0.25, 0.3) is 0 Å². The second-order valence-electron chi connectivity index (χ2n) is 5.19. The van der Waals surface area contributed by atoms with Crippen molar-refractivity contribution < 1.29 is 9.13 Å². The summed E-state index contributed by atoms with van der Waals surface area (Å²) < 4.78 is 18.9. The number of nitrogens with one attached hydrogen (secondary N) is 1. The van der Waals surface area contributed by atoms with E-state index in [4.69, 9.17) is 16.3 Å². The molecule has 0 spiro atoms. The zero-order valence-corrected chi connectivity index (χ0v) is 13.1. The van der Waals surface area contributed by atoms with Crippen LogP contribution >= 0.6 is 11.6 Å². The first-order valence-electron chi connectivity index (χ1n) is 6.94. The van der Waals surface area contributed by atoms with E-state index in [-0.39, 0.29) is 18.0 Å². The van der Waals surface area contributed by atoms with Crippen LogP contribution in [0.25, 0.3) is 0 Å². The molecule has 2 nitrogen and oxygen atoms in total. The van der Waals surface area contributed by atoms with E-state index >= 15 is 0 Å². The highest BCUT2D eigenvalue weighted by molar-refractivity contribution is 6.31. The highest BCUT2D eigenvalue weighted by atomic mass is 35.5. The molecule has 1 unspecified atom stereocenters. The second kappa shape index (κ2) is 6.81. The first-order valence-corrected chi connectivity index (χ1v) is 7.32. The van der Waals surface area contributed by atoms with Crippen LogP contribution in [0.2, 0.25) is 5.02 Å². The largest absolute Gasteiger partial charge is 0.489 e. The first kappa shape index (κ1) is 15.6. The molecule has 112 valence electrons. The Labute approximate surface area is 129 Å². The Balaban J connectivity index is 2.21. The van der Waals surface area contributed by atoms with E-state index < -0.39 is 0 Å². The number of anilines is 1. The van der Waals surface area contributed by atoms with E-state index in [1.165, 1.54) is 12.1 Å². The Morgan fingerprint density at radius 2 is 1.81 bits per heavy atom. The van der Waals surface area contributed by atoms with E-state index in [1.807, 2.05) is 45.0 Å². The first-order chi connectivity index (χ1) is 9.97. The maximum absolute atomic E-state index is 13.1. The standard InChI is InChI=1S/C17H19ClFNO/c1-11(2)21-17-7-5-4-6-16(17)20-12(3)14-9-8-13(19)10-15(14)18/h4-12,20H,1-3H3. The third kappa shape index (κ3) is 4.11. The van der Waals surface area contributed by atoms with Crippen LogP contribution in [0.4, 0.5) is 10.1 Å². The average molecular weight is 308 g/mol. The molecule has 2 aromatic rings. The van der Waals surface area contributed by atoms with Gasteiger partial charge in [-0.3, -0.25) is 0 Å². The molecular weight excluding hydrogens is 289 g/mol. The van der Waals surface area contributed by atoms with Crippen molar-refractivity contribution in [3.63, 3.8) is 0 Å². The molecule has 21 heavy (non-hydrogen) atoms. The van der Waals surface area contributed by atoms with Gasteiger partial charge in [0.2, 0.25) is 0 Å². The molecule has 0 heterocycles. The summed E-state index contributed by atoms with van der Waals surface area (Å²) in [5, 5.41) is 3.77. The van der Waals surface area contributed by atoms with Crippen molar-refractivity contribution in [2.45, 2.75) is 32.9 Å². The third-order valence-corrected chi connectivity index (χ3v) is 3.38. The summed E-state index contributed by atoms with van der Waals surface area (Å²) in [6.45, 7) is 5.94. The molecule has 0 aliphatic rings. The Morgan fingerprint density at radius 3 is 2.48 bits per heavy atom. The number of hydrogen-bond donors (Lipinski definition) is 1. The minimum atomic E-state index is -0.334. The Kier molecular flexibility index (Phi) is 5.07. The van der Waals surface area contributed by atoms with E-state index in [0.29, 0.717) is 5.02 Å². The van der Waals surface area contributed by atoms with Gasteiger partial charge in [-0.25, -0.2) is 4.39 Å². The van der Waals surface area contributed by atoms with E-state index in [0.717, 1.165) is 17.0 Å². The van der Waals surface area contributed by atoms with E-state index in [9.17, 15) is 4.39 Å². The molecule has 0 amide bonds. The minimum Gasteiger partial charge on any atom is -0.489 e.